The van der Waals surface area contributed by atoms with Gasteiger partial charge in [0.25, 0.3) is 5.91 Å². The molecule has 0 unspecified atom stereocenters. The molecule has 1 aliphatic carbocycles. The van der Waals surface area contributed by atoms with Crippen LogP contribution >= 0.6 is 0 Å². The first-order chi connectivity index (χ1) is 13.5. The molecule has 1 fully saturated rings. The number of aromatic nitrogens is 2. The number of carbonyl (C=O) groups is 1. The molecule has 1 saturated carbocycles. The minimum Gasteiger partial charge on any atom is -0.491 e. The fourth-order valence-corrected chi connectivity index (χ4v) is 3.21. The number of nitrogens with zero attached hydrogens (tertiary/aromatic N) is 2. The molecule has 1 N–H and O–H groups in total. The molecule has 0 atom stereocenters. The Labute approximate surface area is 165 Å². The summed E-state index contributed by atoms with van der Waals surface area (Å²) in [6, 6.07) is 7.39. The third-order valence-corrected chi connectivity index (χ3v) is 4.58. The van der Waals surface area contributed by atoms with E-state index in [0.717, 1.165) is 31.4 Å². The van der Waals surface area contributed by atoms with E-state index in [4.69, 9.17) is 14.2 Å². The van der Waals surface area contributed by atoms with Crippen LogP contribution in [0.1, 0.15) is 49.9 Å². The van der Waals surface area contributed by atoms with Gasteiger partial charge in [-0.1, -0.05) is 0 Å². The maximum Gasteiger partial charge on any atom is 0.251 e. The van der Waals surface area contributed by atoms with Crippen molar-refractivity contribution in [3.63, 3.8) is 0 Å². The Balaban J connectivity index is 1.46. The van der Waals surface area contributed by atoms with Crippen molar-refractivity contribution in [1.82, 2.24) is 15.3 Å². The zero-order valence-corrected chi connectivity index (χ0v) is 16.6. The second kappa shape index (κ2) is 9.39. The molecule has 150 valence electrons. The molecule has 1 heterocycles. The molecule has 3 rings (SSSR count). The summed E-state index contributed by atoms with van der Waals surface area (Å²) in [6.45, 7) is 3.95. The van der Waals surface area contributed by atoms with Crippen LogP contribution in [0, 0.1) is 0 Å². The molecular formula is C21H27N3O4. The molecule has 28 heavy (non-hydrogen) atoms. The Morgan fingerprint density at radius 1 is 1.07 bits per heavy atom. The fraction of sp³-hybridized carbons (Fsp3) is 0.476. The number of ether oxygens (including phenoxy) is 3. The van der Waals surface area contributed by atoms with E-state index >= 15 is 0 Å². The zero-order chi connectivity index (χ0) is 19.9. The molecule has 0 aliphatic heterocycles. The SMILES string of the molecule is COc1cncc(OC2CCC(NC(=O)c3ccc(OC(C)C)cc3)CC2)n1. The van der Waals surface area contributed by atoms with E-state index in [1.54, 1.807) is 31.6 Å². The van der Waals surface area contributed by atoms with E-state index < -0.39 is 0 Å². The van der Waals surface area contributed by atoms with E-state index in [9.17, 15) is 4.79 Å². The minimum absolute atomic E-state index is 0.0564. The largest absolute Gasteiger partial charge is 0.491 e. The number of nitrogens with one attached hydrogen (secondary N) is 1. The van der Waals surface area contributed by atoms with Gasteiger partial charge in [-0.2, -0.15) is 4.98 Å². The summed E-state index contributed by atoms with van der Waals surface area (Å²) in [5, 5.41) is 3.11. The first kappa shape index (κ1) is 19.9. The summed E-state index contributed by atoms with van der Waals surface area (Å²) in [7, 11) is 1.55. The van der Waals surface area contributed by atoms with Crippen molar-refractivity contribution in [2.45, 2.75) is 57.8 Å². The molecule has 0 radical (unpaired) electrons. The van der Waals surface area contributed by atoms with Gasteiger partial charge in [0.2, 0.25) is 11.8 Å². The highest BCUT2D eigenvalue weighted by Crippen LogP contribution is 2.24. The van der Waals surface area contributed by atoms with Gasteiger partial charge in [-0.05, 0) is 63.8 Å². The van der Waals surface area contributed by atoms with E-state index in [2.05, 4.69) is 15.3 Å². The lowest BCUT2D eigenvalue weighted by Crippen LogP contribution is -2.39. The van der Waals surface area contributed by atoms with E-state index in [-0.39, 0.29) is 24.2 Å². The van der Waals surface area contributed by atoms with Crippen LogP contribution in [0.25, 0.3) is 0 Å². The van der Waals surface area contributed by atoms with Crippen molar-refractivity contribution < 1.29 is 19.0 Å². The highest BCUT2D eigenvalue weighted by Gasteiger charge is 2.24. The summed E-state index contributed by atoms with van der Waals surface area (Å²) in [4.78, 5) is 20.8. The summed E-state index contributed by atoms with van der Waals surface area (Å²) in [5.74, 6) is 1.61. The first-order valence-electron chi connectivity index (χ1n) is 9.63. The number of carbonyl (C=O) groups excluding carboxylic acids is 1. The fourth-order valence-electron chi connectivity index (χ4n) is 3.21. The second-order valence-corrected chi connectivity index (χ2v) is 7.16. The van der Waals surface area contributed by atoms with E-state index in [1.807, 2.05) is 26.0 Å². The summed E-state index contributed by atoms with van der Waals surface area (Å²) >= 11 is 0. The number of hydrogen-bond acceptors (Lipinski definition) is 6. The first-order valence-corrected chi connectivity index (χ1v) is 9.63. The van der Waals surface area contributed by atoms with E-state index in [1.165, 1.54) is 0 Å². The summed E-state index contributed by atoms with van der Waals surface area (Å²) < 4.78 is 16.6. The predicted molar refractivity (Wildman–Crippen MR) is 105 cm³/mol. The van der Waals surface area contributed by atoms with Crippen molar-refractivity contribution in [2.75, 3.05) is 7.11 Å². The van der Waals surface area contributed by atoms with Crippen molar-refractivity contribution in [3.05, 3.63) is 42.2 Å². The lowest BCUT2D eigenvalue weighted by Gasteiger charge is -2.29. The molecule has 2 aromatic rings. The Bertz CT molecular complexity index is 771. The molecule has 1 aliphatic rings. The molecule has 0 saturated heterocycles. The Morgan fingerprint density at radius 3 is 2.39 bits per heavy atom. The molecule has 1 amide bonds. The van der Waals surface area contributed by atoms with Gasteiger partial charge in [-0.25, -0.2) is 0 Å². The van der Waals surface area contributed by atoms with Crippen LogP contribution in [-0.2, 0) is 0 Å². The molecule has 1 aromatic heterocycles. The molecule has 0 bridgehead atoms. The number of methoxy groups -OCH3 is 1. The van der Waals surface area contributed by atoms with Gasteiger partial charge in [0.1, 0.15) is 11.9 Å². The van der Waals surface area contributed by atoms with Gasteiger partial charge < -0.3 is 19.5 Å². The lowest BCUT2D eigenvalue weighted by atomic mass is 9.92. The standard InChI is InChI=1S/C21H27N3O4/c1-14(2)27-17-8-4-15(5-9-17)21(25)23-16-6-10-18(11-7-16)28-20-13-22-12-19(24-20)26-3/h4-5,8-9,12-14,16,18H,6-7,10-11H2,1-3H3,(H,23,25). The normalized spacial score (nSPS) is 19.1. The van der Waals surface area contributed by atoms with E-state index in [0.29, 0.717) is 17.3 Å². The van der Waals surface area contributed by atoms with Crippen LogP contribution in [0.4, 0.5) is 0 Å². The van der Waals surface area contributed by atoms with Gasteiger partial charge in [-0.15, -0.1) is 0 Å². The predicted octanol–water partition coefficient (Wildman–Crippen LogP) is 3.39. The van der Waals surface area contributed by atoms with Crippen LogP contribution < -0.4 is 19.5 Å². The van der Waals surface area contributed by atoms with Crippen molar-refractivity contribution in [3.8, 4) is 17.5 Å². The molecular weight excluding hydrogens is 358 g/mol. The quantitative estimate of drug-likeness (QED) is 0.787. The Kier molecular flexibility index (Phi) is 6.68. The molecule has 7 heteroatoms. The van der Waals surface area contributed by atoms with Gasteiger partial charge in [0.15, 0.2) is 0 Å². The van der Waals surface area contributed by atoms with Crippen LogP contribution in [0.5, 0.6) is 17.5 Å². The topological polar surface area (TPSA) is 82.6 Å². The highest BCUT2D eigenvalue weighted by atomic mass is 16.5. The number of hydrogen-bond donors (Lipinski definition) is 1. The lowest BCUT2D eigenvalue weighted by molar-refractivity contribution is 0.0889. The zero-order valence-electron chi connectivity index (χ0n) is 16.6. The smallest absolute Gasteiger partial charge is 0.251 e. The average molecular weight is 385 g/mol. The van der Waals surface area contributed by atoms with Gasteiger partial charge in [-0.3, -0.25) is 9.78 Å². The Hall–Kier alpha value is -2.83. The van der Waals surface area contributed by atoms with Crippen molar-refractivity contribution >= 4 is 5.91 Å². The summed E-state index contributed by atoms with van der Waals surface area (Å²) in [5.41, 5.74) is 0.640. The number of rotatable bonds is 7. The monoisotopic (exact) mass is 385 g/mol. The number of benzene rings is 1. The second-order valence-electron chi connectivity index (χ2n) is 7.16. The third kappa shape index (κ3) is 5.58. The molecule has 7 nitrogen and oxygen atoms in total. The van der Waals surface area contributed by atoms with Crippen molar-refractivity contribution in [2.24, 2.45) is 0 Å². The average Bonchev–Trinajstić information content (AvgIpc) is 2.69. The van der Waals surface area contributed by atoms with Crippen LogP contribution in [0.2, 0.25) is 0 Å². The highest BCUT2D eigenvalue weighted by molar-refractivity contribution is 5.94. The third-order valence-electron chi connectivity index (χ3n) is 4.58. The molecule has 0 spiro atoms. The maximum absolute atomic E-state index is 12.5. The Morgan fingerprint density at radius 2 is 1.75 bits per heavy atom. The summed E-state index contributed by atoms with van der Waals surface area (Å²) in [6.07, 6.45) is 6.74. The van der Waals surface area contributed by atoms with Crippen LogP contribution in [-0.4, -0.2) is 41.2 Å². The van der Waals surface area contributed by atoms with Gasteiger partial charge >= 0.3 is 0 Å². The minimum atomic E-state index is -0.0564. The van der Waals surface area contributed by atoms with Crippen molar-refractivity contribution in [1.29, 1.82) is 0 Å². The number of amides is 1. The van der Waals surface area contributed by atoms with Gasteiger partial charge in [0, 0.05) is 11.6 Å². The van der Waals surface area contributed by atoms with Gasteiger partial charge in [0.05, 0.1) is 25.6 Å². The molecule has 1 aromatic carbocycles. The van der Waals surface area contributed by atoms with Crippen LogP contribution in [0.3, 0.4) is 0 Å². The van der Waals surface area contributed by atoms with Crippen LogP contribution in [0.15, 0.2) is 36.7 Å². The maximum atomic E-state index is 12.5.